The molecule has 0 amide bonds. The van der Waals surface area contributed by atoms with Crippen LogP contribution in [0.25, 0.3) is 0 Å². The van der Waals surface area contributed by atoms with Gasteiger partial charge in [-0.25, -0.2) is 0 Å². The molecule has 0 aromatic carbocycles. The molecule has 4 nitrogen and oxygen atoms in total. The van der Waals surface area contributed by atoms with Crippen LogP contribution < -0.4 is 5.32 Å². The van der Waals surface area contributed by atoms with Gasteiger partial charge in [0.1, 0.15) is 0 Å². The Morgan fingerprint density at radius 1 is 1.58 bits per heavy atom. The smallest absolute Gasteiger partial charge is 0.151 e. The van der Waals surface area contributed by atoms with Gasteiger partial charge >= 0.3 is 0 Å². The molecule has 0 bridgehead atoms. The molecule has 1 fully saturated rings. The zero-order chi connectivity index (χ0) is 8.97. The summed E-state index contributed by atoms with van der Waals surface area (Å²) in [6, 6.07) is 0.459. The summed E-state index contributed by atoms with van der Waals surface area (Å²) in [5.41, 5.74) is 0. The fourth-order valence-electron chi connectivity index (χ4n) is 1.53. The summed E-state index contributed by atoms with van der Waals surface area (Å²) in [5, 5.41) is 20.7. The molecule has 1 unspecified atom stereocenters. The standard InChI is InChI=1S/C8H18N2O2/c1-10-5-4-9-6-7(10)2-3-8(11)12/h7-9,11-12H,2-6H2,1H3. The van der Waals surface area contributed by atoms with E-state index in [1.54, 1.807) is 0 Å². The maximum Gasteiger partial charge on any atom is 0.151 e. The van der Waals surface area contributed by atoms with Gasteiger partial charge in [-0.1, -0.05) is 0 Å². The Morgan fingerprint density at radius 3 is 2.92 bits per heavy atom. The SMILES string of the molecule is CN1CCNCC1CCC(O)O. The van der Waals surface area contributed by atoms with Gasteiger partial charge in [0.2, 0.25) is 0 Å². The van der Waals surface area contributed by atoms with E-state index < -0.39 is 6.29 Å². The molecular formula is C8H18N2O2. The van der Waals surface area contributed by atoms with E-state index in [9.17, 15) is 0 Å². The Labute approximate surface area is 73.2 Å². The Balaban J connectivity index is 2.20. The largest absolute Gasteiger partial charge is 0.368 e. The van der Waals surface area contributed by atoms with Gasteiger partial charge in [-0.15, -0.1) is 0 Å². The van der Waals surface area contributed by atoms with E-state index in [0.717, 1.165) is 26.1 Å². The van der Waals surface area contributed by atoms with Crippen molar-refractivity contribution in [2.45, 2.75) is 25.2 Å². The van der Waals surface area contributed by atoms with E-state index in [1.165, 1.54) is 0 Å². The molecule has 0 radical (unpaired) electrons. The van der Waals surface area contributed by atoms with Gasteiger partial charge in [0.25, 0.3) is 0 Å². The van der Waals surface area contributed by atoms with Gasteiger partial charge < -0.3 is 20.4 Å². The summed E-state index contributed by atoms with van der Waals surface area (Å²) in [6.45, 7) is 3.05. The third-order valence-corrected chi connectivity index (χ3v) is 2.40. The Morgan fingerprint density at radius 2 is 2.33 bits per heavy atom. The molecule has 1 atom stereocenters. The highest BCUT2D eigenvalue weighted by atomic mass is 16.5. The fourth-order valence-corrected chi connectivity index (χ4v) is 1.53. The third-order valence-electron chi connectivity index (χ3n) is 2.40. The molecule has 0 aromatic heterocycles. The van der Waals surface area contributed by atoms with Gasteiger partial charge in [-0.3, -0.25) is 0 Å². The van der Waals surface area contributed by atoms with Crippen molar-refractivity contribution in [1.82, 2.24) is 10.2 Å². The Hall–Kier alpha value is -0.160. The number of hydrogen-bond donors (Lipinski definition) is 3. The molecule has 0 aromatic rings. The number of nitrogens with one attached hydrogen (secondary N) is 1. The van der Waals surface area contributed by atoms with Crippen LogP contribution in [-0.2, 0) is 0 Å². The van der Waals surface area contributed by atoms with Crippen molar-refractivity contribution in [3.63, 3.8) is 0 Å². The van der Waals surface area contributed by atoms with E-state index in [2.05, 4.69) is 17.3 Å². The lowest BCUT2D eigenvalue weighted by molar-refractivity contribution is -0.0505. The Bertz CT molecular complexity index is 130. The molecule has 0 aliphatic carbocycles. The zero-order valence-corrected chi connectivity index (χ0v) is 7.53. The predicted molar refractivity (Wildman–Crippen MR) is 46.7 cm³/mol. The minimum Gasteiger partial charge on any atom is -0.368 e. The van der Waals surface area contributed by atoms with Gasteiger partial charge in [0.15, 0.2) is 6.29 Å². The van der Waals surface area contributed by atoms with Crippen molar-refractivity contribution in [3.8, 4) is 0 Å². The van der Waals surface area contributed by atoms with Crippen LogP contribution in [0.4, 0.5) is 0 Å². The van der Waals surface area contributed by atoms with Crippen LogP contribution in [0.3, 0.4) is 0 Å². The first-order valence-electron chi connectivity index (χ1n) is 4.47. The molecule has 0 saturated carbocycles. The van der Waals surface area contributed by atoms with E-state index in [0.29, 0.717) is 12.5 Å². The van der Waals surface area contributed by atoms with Crippen LogP contribution in [0.2, 0.25) is 0 Å². The summed E-state index contributed by atoms with van der Waals surface area (Å²) in [4.78, 5) is 2.26. The van der Waals surface area contributed by atoms with Gasteiger partial charge in [-0.2, -0.15) is 0 Å². The predicted octanol–water partition coefficient (Wildman–Crippen LogP) is -1.02. The molecular weight excluding hydrogens is 156 g/mol. The minimum atomic E-state index is -1.15. The molecule has 1 aliphatic heterocycles. The number of hydrogen-bond acceptors (Lipinski definition) is 4. The first kappa shape index (κ1) is 9.92. The van der Waals surface area contributed by atoms with Crippen molar-refractivity contribution in [1.29, 1.82) is 0 Å². The second-order valence-corrected chi connectivity index (χ2v) is 3.40. The topological polar surface area (TPSA) is 55.7 Å². The highest BCUT2D eigenvalue weighted by Gasteiger charge is 2.18. The first-order valence-corrected chi connectivity index (χ1v) is 4.47. The summed E-state index contributed by atoms with van der Waals surface area (Å²) in [7, 11) is 2.08. The maximum absolute atomic E-state index is 8.69. The van der Waals surface area contributed by atoms with E-state index in [-0.39, 0.29) is 0 Å². The Kier molecular flexibility index (Phi) is 3.94. The van der Waals surface area contributed by atoms with Gasteiger partial charge in [-0.05, 0) is 19.9 Å². The molecule has 72 valence electrons. The normalized spacial score (nSPS) is 26.5. The van der Waals surface area contributed by atoms with Crippen molar-refractivity contribution in [3.05, 3.63) is 0 Å². The number of nitrogens with zero attached hydrogens (tertiary/aromatic N) is 1. The van der Waals surface area contributed by atoms with Gasteiger partial charge in [0, 0.05) is 25.7 Å². The first-order chi connectivity index (χ1) is 5.70. The summed E-state index contributed by atoms with van der Waals surface area (Å²) in [5.74, 6) is 0. The molecule has 3 N–H and O–H groups in total. The van der Waals surface area contributed by atoms with E-state index >= 15 is 0 Å². The molecule has 1 heterocycles. The van der Waals surface area contributed by atoms with Crippen molar-refractivity contribution in [2.75, 3.05) is 26.7 Å². The number of piperazine rings is 1. The minimum absolute atomic E-state index is 0.459. The van der Waals surface area contributed by atoms with Crippen LogP contribution in [0.15, 0.2) is 0 Å². The summed E-state index contributed by atoms with van der Waals surface area (Å²) < 4.78 is 0. The molecule has 4 heteroatoms. The number of aliphatic hydroxyl groups is 2. The van der Waals surface area contributed by atoms with Crippen LogP contribution in [0, 0.1) is 0 Å². The van der Waals surface area contributed by atoms with Crippen molar-refractivity contribution < 1.29 is 10.2 Å². The van der Waals surface area contributed by atoms with Crippen LogP contribution >= 0.6 is 0 Å². The second-order valence-electron chi connectivity index (χ2n) is 3.40. The highest BCUT2D eigenvalue weighted by Crippen LogP contribution is 2.07. The lowest BCUT2D eigenvalue weighted by Gasteiger charge is -2.33. The monoisotopic (exact) mass is 174 g/mol. The molecule has 1 aliphatic rings. The number of aliphatic hydroxyl groups excluding tert-OH is 1. The second kappa shape index (κ2) is 4.77. The quantitative estimate of drug-likeness (QED) is 0.479. The molecule has 1 saturated heterocycles. The van der Waals surface area contributed by atoms with E-state index in [1.807, 2.05) is 0 Å². The summed E-state index contributed by atoms with van der Waals surface area (Å²) >= 11 is 0. The molecule has 12 heavy (non-hydrogen) atoms. The third kappa shape index (κ3) is 3.06. The lowest BCUT2D eigenvalue weighted by atomic mass is 10.1. The molecule has 0 spiro atoms. The van der Waals surface area contributed by atoms with Gasteiger partial charge in [0.05, 0.1) is 0 Å². The van der Waals surface area contributed by atoms with Crippen molar-refractivity contribution in [2.24, 2.45) is 0 Å². The number of likely N-dealkylation sites (N-methyl/N-ethyl adjacent to an activating group) is 1. The van der Waals surface area contributed by atoms with Crippen LogP contribution in [-0.4, -0.2) is 54.1 Å². The zero-order valence-electron chi connectivity index (χ0n) is 7.53. The average Bonchev–Trinajstić information content (AvgIpc) is 2.03. The van der Waals surface area contributed by atoms with Crippen LogP contribution in [0.5, 0.6) is 0 Å². The summed E-state index contributed by atoms with van der Waals surface area (Å²) in [6.07, 6.45) is 0.165. The number of rotatable bonds is 3. The highest BCUT2D eigenvalue weighted by molar-refractivity contribution is 4.76. The fraction of sp³-hybridized carbons (Fsp3) is 1.00. The average molecular weight is 174 g/mol. The lowest BCUT2D eigenvalue weighted by Crippen LogP contribution is -2.49. The maximum atomic E-state index is 8.69. The van der Waals surface area contributed by atoms with Crippen LogP contribution in [0.1, 0.15) is 12.8 Å². The van der Waals surface area contributed by atoms with E-state index in [4.69, 9.17) is 10.2 Å². The van der Waals surface area contributed by atoms with Crippen molar-refractivity contribution >= 4 is 0 Å². The molecule has 1 rings (SSSR count).